The SMILES string of the molecule is Cc1ccc(CC(=O)N2CCN(c3ccc(N4CCC(C)CC4)cc3)CC2)cc1. The summed E-state index contributed by atoms with van der Waals surface area (Å²) in [6.07, 6.45) is 3.09. The van der Waals surface area contributed by atoms with Crippen LogP contribution in [0.4, 0.5) is 11.4 Å². The Labute approximate surface area is 175 Å². The van der Waals surface area contributed by atoms with Gasteiger partial charge in [0.2, 0.25) is 5.91 Å². The number of anilines is 2. The van der Waals surface area contributed by atoms with Crippen LogP contribution in [0.2, 0.25) is 0 Å². The first kappa shape index (κ1) is 19.8. The Morgan fingerprint density at radius 2 is 1.31 bits per heavy atom. The first-order valence-corrected chi connectivity index (χ1v) is 11.0. The summed E-state index contributed by atoms with van der Waals surface area (Å²) in [5.41, 5.74) is 4.94. The van der Waals surface area contributed by atoms with Crippen LogP contribution in [0.15, 0.2) is 48.5 Å². The molecule has 2 aromatic rings. The van der Waals surface area contributed by atoms with Crippen molar-refractivity contribution in [2.45, 2.75) is 33.1 Å². The zero-order valence-corrected chi connectivity index (χ0v) is 17.8. The van der Waals surface area contributed by atoms with E-state index < -0.39 is 0 Å². The van der Waals surface area contributed by atoms with E-state index in [1.54, 1.807) is 0 Å². The van der Waals surface area contributed by atoms with Crippen molar-refractivity contribution in [3.8, 4) is 0 Å². The molecule has 154 valence electrons. The van der Waals surface area contributed by atoms with Gasteiger partial charge in [-0.25, -0.2) is 0 Å². The highest BCUT2D eigenvalue weighted by molar-refractivity contribution is 5.79. The van der Waals surface area contributed by atoms with Crippen LogP contribution in [0.3, 0.4) is 0 Å². The van der Waals surface area contributed by atoms with Gasteiger partial charge in [0.15, 0.2) is 0 Å². The summed E-state index contributed by atoms with van der Waals surface area (Å²) in [4.78, 5) is 19.6. The number of nitrogens with zero attached hydrogens (tertiary/aromatic N) is 3. The highest BCUT2D eigenvalue weighted by atomic mass is 16.2. The van der Waals surface area contributed by atoms with E-state index in [4.69, 9.17) is 0 Å². The number of carbonyl (C=O) groups is 1. The molecule has 0 spiro atoms. The number of carbonyl (C=O) groups excluding carboxylic acids is 1. The molecule has 0 aromatic heterocycles. The monoisotopic (exact) mass is 391 g/mol. The molecule has 29 heavy (non-hydrogen) atoms. The molecule has 0 unspecified atom stereocenters. The molecule has 2 heterocycles. The van der Waals surface area contributed by atoms with Crippen LogP contribution < -0.4 is 9.80 Å². The normalized spacial score (nSPS) is 18.2. The molecule has 2 fully saturated rings. The number of piperazine rings is 1. The van der Waals surface area contributed by atoms with Crippen molar-refractivity contribution in [2.75, 3.05) is 49.1 Å². The molecule has 4 nitrogen and oxygen atoms in total. The topological polar surface area (TPSA) is 26.8 Å². The molecule has 0 atom stereocenters. The lowest BCUT2D eigenvalue weighted by atomic mass is 9.99. The highest BCUT2D eigenvalue weighted by Gasteiger charge is 2.22. The third-order valence-corrected chi connectivity index (χ3v) is 6.47. The van der Waals surface area contributed by atoms with Gasteiger partial charge >= 0.3 is 0 Å². The maximum Gasteiger partial charge on any atom is 0.227 e. The molecule has 0 radical (unpaired) electrons. The van der Waals surface area contributed by atoms with Gasteiger partial charge in [0, 0.05) is 50.6 Å². The van der Waals surface area contributed by atoms with Crippen molar-refractivity contribution in [2.24, 2.45) is 5.92 Å². The Balaban J connectivity index is 1.29. The predicted molar refractivity (Wildman–Crippen MR) is 121 cm³/mol. The predicted octanol–water partition coefficient (Wildman–Crippen LogP) is 4.12. The summed E-state index contributed by atoms with van der Waals surface area (Å²) in [7, 11) is 0. The quantitative estimate of drug-likeness (QED) is 0.784. The zero-order valence-electron chi connectivity index (χ0n) is 17.8. The summed E-state index contributed by atoms with van der Waals surface area (Å²) in [5.74, 6) is 1.10. The Hall–Kier alpha value is -2.49. The number of aryl methyl sites for hydroxylation is 1. The molecule has 2 aliphatic rings. The van der Waals surface area contributed by atoms with Crippen LogP contribution in [0.25, 0.3) is 0 Å². The molecule has 2 aliphatic heterocycles. The number of hydrogen-bond acceptors (Lipinski definition) is 3. The summed E-state index contributed by atoms with van der Waals surface area (Å²) in [5, 5.41) is 0. The van der Waals surface area contributed by atoms with Gasteiger partial charge in [-0.05, 0) is 55.5 Å². The first-order chi connectivity index (χ1) is 14.1. The first-order valence-electron chi connectivity index (χ1n) is 11.0. The molecule has 0 saturated carbocycles. The summed E-state index contributed by atoms with van der Waals surface area (Å²) in [6, 6.07) is 17.3. The minimum absolute atomic E-state index is 0.239. The second-order valence-electron chi connectivity index (χ2n) is 8.72. The van der Waals surface area contributed by atoms with Crippen LogP contribution in [0.1, 0.15) is 30.9 Å². The lowest BCUT2D eigenvalue weighted by Gasteiger charge is -2.37. The second-order valence-corrected chi connectivity index (χ2v) is 8.72. The molecular formula is C25H33N3O. The molecule has 4 rings (SSSR count). The van der Waals surface area contributed by atoms with Gasteiger partial charge in [0.1, 0.15) is 0 Å². The fraction of sp³-hybridized carbons (Fsp3) is 0.480. The molecular weight excluding hydrogens is 358 g/mol. The third-order valence-electron chi connectivity index (χ3n) is 6.47. The fourth-order valence-electron chi connectivity index (χ4n) is 4.35. The lowest BCUT2D eigenvalue weighted by Crippen LogP contribution is -2.49. The molecule has 0 N–H and O–H groups in total. The maximum absolute atomic E-state index is 12.6. The average Bonchev–Trinajstić information content (AvgIpc) is 2.76. The van der Waals surface area contributed by atoms with Gasteiger partial charge in [0.05, 0.1) is 6.42 Å². The molecule has 0 bridgehead atoms. The summed E-state index contributed by atoms with van der Waals surface area (Å²) < 4.78 is 0. The van der Waals surface area contributed by atoms with Gasteiger partial charge in [-0.2, -0.15) is 0 Å². The van der Waals surface area contributed by atoms with Gasteiger partial charge in [-0.3, -0.25) is 4.79 Å². The summed E-state index contributed by atoms with van der Waals surface area (Å²) >= 11 is 0. The Bertz CT molecular complexity index is 799. The standard InChI is InChI=1S/C25H33N3O/c1-20-3-5-22(6-4-20)19-25(29)28-17-15-27(16-18-28)24-9-7-23(8-10-24)26-13-11-21(2)12-14-26/h3-10,21H,11-19H2,1-2H3. The minimum atomic E-state index is 0.239. The minimum Gasteiger partial charge on any atom is -0.372 e. The van der Waals surface area contributed by atoms with Crippen LogP contribution in [-0.4, -0.2) is 50.1 Å². The highest BCUT2D eigenvalue weighted by Crippen LogP contribution is 2.26. The molecule has 4 heteroatoms. The van der Waals surface area contributed by atoms with Gasteiger partial charge in [0.25, 0.3) is 0 Å². The maximum atomic E-state index is 12.6. The van der Waals surface area contributed by atoms with Crippen LogP contribution in [0.5, 0.6) is 0 Å². The molecule has 1 amide bonds. The lowest BCUT2D eigenvalue weighted by molar-refractivity contribution is -0.130. The number of benzene rings is 2. The zero-order chi connectivity index (χ0) is 20.2. The van der Waals surface area contributed by atoms with Gasteiger partial charge < -0.3 is 14.7 Å². The number of amides is 1. The fourth-order valence-corrected chi connectivity index (χ4v) is 4.35. The van der Waals surface area contributed by atoms with E-state index in [2.05, 4.69) is 72.2 Å². The molecule has 2 saturated heterocycles. The van der Waals surface area contributed by atoms with Gasteiger partial charge in [-0.15, -0.1) is 0 Å². The Morgan fingerprint density at radius 1 is 0.793 bits per heavy atom. The van der Waals surface area contributed by atoms with E-state index in [1.165, 1.54) is 42.9 Å². The Morgan fingerprint density at radius 3 is 1.86 bits per heavy atom. The van der Waals surface area contributed by atoms with E-state index in [9.17, 15) is 4.79 Å². The van der Waals surface area contributed by atoms with E-state index >= 15 is 0 Å². The van der Waals surface area contributed by atoms with E-state index in [0.717, 1.165) is 37.7 Å². The van der Waals surface area contributed by atoms with Crippen LogP contribution >= 0.6 is 0 Å². The largest absolute Gasteiger partial charge is 0.372 e. The second kappa shape index (κ2) is 8.89. The van der Waals surface area contributed by atoms with Crippen LogP contribution in [-0.2, 0) is 11.2 Å². The van der Waals surface area contributed by atoms with Crippen molar-refractivity contribution in [1.29, 1.82) is 0 Å². The van der Waals surface area contributed by atoms with E-state index in [1.807, 2.05) is 4.90 Å². The third kappa shape index (κ3) is 4.92. The average molecular weight is 392 g/mol. The van der Waals surface area contributed by atoms with Crippen molar-refractivity contribution < 1.29 is 4.79 Å². The number of piperidine rings is 1. The van der Waals surface area contributed by atoms with Crippen LogP contribution in [0, 0.1) is 12.8 Å². The van der Waals surface area contributed by atoms with Crippen molar-refractivity contribution >= 4 is 17.3 Å². The van der Waals surface area contributed by atoms with E-state index in [0.29, 0.717) is 6.42 Å². The van der Waals surface area contributed by atoms with Gasteiger partial charge in [-0.1, -0.05) is 36.8 Å². The summed E-state index contributed by atoms with van der Waals surface area (Å²) in [6.45, 7) is 10.2. The Kier molecular flexibility index (Phi) is 6.08. The van der Waals surface area contributed by atoms with E-state index in [-0.39, 0.29) is 5.91 Å². The number of rotatable bonds is 4. The molecule has 0 aliphatic carbocycles. The van der Waals surface area contributed by atoms with Crippen molar-refractivity contribution in [3.05, 3.63) is 59.7 Å². The van der Waals surface area contributed by atoms with Crippen molar-refractivity contribution in [3.63, 3.8) is 0 Å². The van der Waals surface area contributed by atoms with Crippen molar-refractivity contribution in [1.82, 2.24) is 4.90 Å². The smallest absolute Gasteiger partial charge is 0.227 e. The number of hydrogen-bond donors (Lipinski definition) is 0. The molecule has 2 aromatic carbocycles.